The Morgan fingerprint density at radius 1 is 1.36 bits per heavy atom. The van der Waals surface area contributed by atoms with Crippen LogP contribution in [0.5, 0.6) is 5.75 Å². The molecule has 2 rings (SSSR count). The van der Waals surface area contributed by atoms with Crippen LogP contribution in [0.25, 0.3) is 0 Å². The van der Waals surface area contributed by atoms with E-state index in [1.54, 1.807) is 18.2 Å². The molecule has 5 nitrogen and oxygen atoms in total. The van der Waals surface area contributed by atoms with Crippen LogP contribution in [0, 0.1) is 6.92 Å². The molecular formula is C19H20ClN3O2. The minimum atomic E-state index is -0.299. The Morgan fingerprint density at radius 2 is 2.16 bits per heavy atom. The van der Waals surface area contributed by atoms with Crippen molar-refractivity contribution in [2.75, 3.05) is 11.9 Å². The van der Waals surface area contributed by atoms with E-state index < -0.39 is 0 Å². The third-order valence-electron chi connectivity index (χ3n) is 3.54. The third kappa shape index (κ3) is 5.36. The van der Waals surface area contributed by atoms with Crippen molar-refractivity contribution in [3.63, 3.8) is 0 Å². The topological polar surface area (TPSA) is 73.7 Å². The monoisotopic (exact) mass is 357 g/mol. The zero-order valence-corrected chi connectivity index (χ0v) is 14.7. The second-order valence-electron chi connectivity index (χ2n) is 5.45. The van der Waals surface area contributed by atoms with E-state index in [0.29, 0.717) is 17.0 Å². The second-order valence-corrected chi connectivity index (χ2v) is 5.89. The highest BCUT2D eigenvalue weighted by Gasteiger charge is 2.05. The number of carbonyl (C=O) groups excluding carboxylic acids is 1. The molecule has 0 saturated heterocycles. The molecule has 0 unspecified atom stereocenters. The molecule has 0 aliphatic carbocycles. The van der Waals surface area contributed by atoms with E-state index in [1.165, 1.54) is 6.21 Å². The lowest BCUT2D eigenvalue weighted by Gasteiger charge is -2.09. The zero-order valence-electron chi connectivity index (χ0n) is 13.9. The summed E-state index contributed by atoms with van der Waals surface area (Å²) in [6, 6.07) is 10.7. The van der Waals surface area contributed by atoms with Gasteiger partial charge < -0.3 is 10.4 Å². The van der Waals surface area contributed by atoms with Gasteiger partial charge in [-0.3, -0.25) is 4.79 Å². The Hall–Kier alpha value is -2.79. The number of phenols is 1. The summed E-state index contributed by atoms with van der Waals surface area (Å²) < 4.78 is 0. The largest absolute Gasteiger partial charge is 0.507 e. The molecule has 6 heteroatoms. The lowest BCUT2D eigenvalue weighted by Crippen LogP contribution is -2.26. The number of phenolic OH excluding ortho intramolecular Hbond substituents is 1. The average Bonchev–Trinajstić information content (AvgIpc) is 2.57. The Kier molecular flexibility index (Phi) is 6.60. The molecule has 0 aromatic heterocycles. The maximum absolute atomic E-state index is 11.8. The minimum absolute atomic E-state index is 0.0717. The van der Waals surface area contributed by atoms with E-state index in [-0.39, 0.29) is 18.2 Å². The van der Waals surface area contributed by atoms with Gasteiger partial charge in [-0.2, -0.15) is 5.10 Å². The molecule has 0 aliphatic rings. The molecule has 0 fully saturated rings. The summed E-state index contributed by atoms with van der Waals surface area (Å²) in [7, 11) is 0. The number of rotatable bonds is 7. The smallest absolute Gasteiger partial charge is 0.259 e. The number of carbonyl (C=O) groups is 1. The molecule has 2 aromatic rings. The molecule has 3 N–H and O–H groups in total. The molecule has 0 aliphatic heterocycles. The highest BCUT2D eigenvalue weighted by atomic mass is 35.5. The SMILES string of the molecule is C=CCc1cccc(/C=N/NC(=O)CNc2ccc(Cl)cc2C)c1O. The Balaban J connectivity index is 1.90. The van der Waals surface area contributed by atoms with Crippen LogP contribution in [-0.2, 0) is 11.2 Å². The number of halogens is 1. The van der Waals surface area contributed by atoms with Gasteiger partial charge in [0.05, 0.1) is 12.8 Å². The van der Waals surface area contributed by atoms with E-state index in [2.05, 4.69) is 22.4 Å². The number of nitrogens with one attached hydrogen (secondary N) is 2. The zero-order chi connectivity index (χ0) is 18.2. The van der Waals surface area contributed by atoms with E-state index in [4.69, 9.17) is 11.6 Å². The van der Waals surface area contributed by atoms with Crippen LogP contribution in [-0.4, -0.2) is 23.8 Å². The van der Waals surface area contributed by atoms with Crippen molar-refractivity contribution < 1.29 is 9.90 Å². The van der Waals surface area contributed by atoms with Crippen molar-refractivity contribution in [2.24, 2.45) is 5.10 Å². The number of benzene rings is 2. The van der Waals surface area contributed by atoms with Gasteiger partial charge in [0.2, 0.25) is 0 Å². The van der Waals surface area contributed by atoms with Crippen molar-refractivity contribution in [3.05, 3.63) is 70.8 Å². The van der Waals surface area contributed by atoms with Crippen LogP contribution in [0.1, 0.15) is 16.7 Å². The number of anilines is 1. The number of amides is 1. The van der Waals surface area contributed by atoms with Crippen LogP contribution >= 0.6 is 11.6 Å². The summed E-state index contributed by atoms with van der Waals surface area (Å²) in [6.45, 7) is 5.63. The van der Waals surface area contributed by atoms with Crippen molar-refractivity contribution in [1.82, 2.24) is 5.43 Å². The Labute approximate surface area is 152 Å². The van der Waals surface area contributed by atoms with Gasteiger partial charge in [-0.05, 0) is 48.7 Å². The van der Waals surface area contributed by atoms with Gasteiger partial charge in [-0.25, -0.2) is 5.43 Å². The molecule has 0 atom stereocenters. The van der Waals surface area contributed by atoms with Gasteiger partial charge in [-0.1, -0.05) is 29.8 Å². The molecule has 0 spiro atoms. The van der Waals surface area contributed by atoms with Crippen LogP contribution in [0.2, 0.25) is 5.02 Å². The number of nitrogens with zero attached hydrogens (tertiary/aromatic N) is 1. The second kappa shape index (κ2) is 8.89. The van der Waals surface area contributed by atoms with Crippen LogP contribution in [0.15, 0.2) is 54.2 Å². The molecular weight excluding hydrogens is 338 g/mol. The molecule has 1 amide bonds. The molecule has 130 valence electrons. The van der Waals surface area contributed by atoms with Gasteiger partial charge in [-0.15, -0.1) is 6.58 Å². The number of aromatic hydroxyl groups is 1. The first-order valence-corrected chi connectivity index (χ1v) is 8.12. The predicted molar refractivity (Wildman–Crippen MR) is 102 cm³/mol. The number of para-hydroxylation sites is 1. The summed E-state index contributed by atoms with van der Waals surface area (Å²) in [5.41, 5.74) is 5.49. The number of allylic oxidation sites excluding steroid dienone is 1. The fourth-order valence-corrected chi connectivity index (χ4v) is 2.48. The van der Waals surface area contributed by atoms with Crippen LogP contribution in [0.3, 0.4) is 0 Å². The van der Waals surface area contributed by atoms with Crippen molar-refractivity contribution in [1.29, 1.82) is 0 Å². The summed E-state index contributed by atoms with van der Waals surface area (Å²) in [6.07, 6.45) is 3.68. The number of aryl methyl sites for hydroxylation is 1. The summed E-state index contributed by atoms with van der Waals surface area (Å²) >= 11 is 5.90. The maximum atomic E-state index is 11.8. The Bertz CT molecular complexity index is 803. The van der Waals surface area contributed by atoms with E-state index in [0.717, 1.165) is 16.8 Å². The van der Waals surface area contributed by atoms with Crippen LogP contribution in [0.4, 0.5) is 5.69 Å². The highest BCUT2D eigenvalue weighted by molar-refractivity contribution is 6.30. The quantitative estimate of drug-likeness (QED) is 0.402. The third-order valence-corrected chi connectivity index (χ3v) is 3.77. The number of hydrogen-bond donors (Lipinski definition) is 3. The number of hydrogen-bond acceptors (Lipinski definition) is 4. The number of hydrazone groups is 1. The molecule has 0 radical (unpaired) electrons. The van der Waals surface area contributed by atoms with Crippen molar-refractivity contribution in [3.8, 4) is 5.75 Å². The minimum Gasteiger partial charge on any atom is -0.507 e. The molecule has 0 bridgehead atoms. The lowest BCUT2D eigenvalue weighted by molar-refractivity contribution is -0.119. The average molecular weight is 358 g/mol. The molecule has 0 heterocycles. The summed E-state index contributed by atoms with van der Waals surface area (Å²) in [4.78, 5) is 11.8. The fourth-order valence-electron chi connectivity index (χ4n) is 2.25. The van der Waals surface area contributed by atoms with E-state index in [1.807, 2.05) is 31.2 Å². The standard InChI is InChI=1S/C19H20ClN3O2/c1-3-5-14-6-4-7-15(19(14)25)11-22-23-18(24)12-21-17-9-8-16(20)10-13(17)2/h3-4,6-11,21,25H,1,5,12H2,2H3,(H,23,24)/b22-11+. The first kappa shape index (κ1) is 18.5. The van der Waals surface area contributed by atoms with Crippen LogP contribution < -0.4 is 10.7 Å². The molecule has 2 aromatic carbocycles. The van der Waals surface area contributed by atoms with Crippen molar-refractivity contribution in [2.45, 2.75) is 13.3 Å². The molecule has 0 saturated carbocycles. The van der Waals surface area contributed by atoms with E-state index in [9.17, 15) is 9.90 Å². The fraction of sp³-hybridized carbons (Fsp3) is 0.158. The Morgan fingerprint density at radius 3 is 2.88 bits per heavy atom. The first-order valence-electron chi connectivity index (χ1n) is 7.75. The summed E-state index contributed by atoms with van der Waals surface area (Å²) in [5.74, 6) is -0.164. The summed E-state index contributed by atoms with van der Waals surface area (Å²) in [5, 5.41) is 17.7. The lowest BCUT2D eigenvalue weighted by atomic mass is 10.1. The molecule has 25 heavy (non-hydrogen) atoms. The van der Waals surface area contributed by atoms with Gasteiger partial charge in [0.25, 0.3) is 5.91 Å². The van der Waals surface area contributed by atoms with Crippen molar-refractivity contribution >= 4 is 29.4 Å². The predicted octanol–water partition coefficient (Wildman–Crippen LogP) is 3.64. The van der Waals surface area contributed by atoms with E-state index >= 15 is 0 Å². The highest BCUT2D eigenvalue weighted by Crippen LogP contribution is 2.21. The van der Waals surface area contributed by atoms with Gasteiger partial charge in [0.1, 0.15) is 5.75 Å². The maximum Gasteiger partial charge on any atom is 0.259 e. The van der Waals surface area contributed by atoms with Gasteiger partial charge >= 0.3 is 0 Å². The first-order chi connectivity index (χ1) is 12.0. The van der Waals surface area contributed by atoms with Gasteiger partial charge in [0.15, 0.2) is 0 Å². The normalized spacial score (nSPS) is 10.6. The van der Waals surface area contributed by atoms with Gasteiger partial charge in [0, 0.05) is 16.3 Å².